The number of carbonyl (C=O) groups excluding carboxylic acids is 1. The number of para-hydroxylation sites is 1. The van der Waals surface area contributed by atoms with E-state index in [0.717, 1.165) is 29.8 Å². The van der Waals surface area contributed by atoms with Crippen LogP contribution in [0.1, 0.15) is 34.9 Å². The number of benzene rings is 3. The number of aryl methyl sites for hydroxylation is 1. The van der Waals surface area contributed by atoms with Gasteiger partial charge in [0, 0.05) is 16.9 Å². The first-order chi connectivity index (χ1) is 21.1. The van der Waals surface area contributed by atoms with Crippen molar-refractivity contribution in [1.29, 1.82) is 5.26 Å². The lowest BCUT2D eigenvalue weighted by atomic mass is 10.0. The number of thioether (sulfide) groups is 1. The summed E-state index contributed by atoms with van der Waals surface area (Å²) in [5.74, 6) is 0.337. The van der Waals surface area contributed by atoms with Crippen LogP contribution in [-0.2, 0) is 23.1 Å². The van der Waals surface area contributed by atoms with Gasteiger partial charge in [-0.3, -0.25) is 9.69 Å². The maximum atomic E-state index is 13.8. The number of halogens is 3. The van der Waals surface area contributed by atoms with Gasteiger partial charge in [-0.1, -0.05) is 61.5 Å². The van der Waals surface area contributed by atoms with Crippen LogP contribution in [0, 0.1) is 11.3 Å². The third-order valence-electron chi connectivity index (χ3n) is 6.94. The van der Waals surface area contributed by atoms with Crippen molar-refractivity contribution >= 4 is 46.8 Å². The third kappa shape index (κ3) is 6.32. The molecule has 6 nitrogen and oxygen atoms in total. The molecule has 4 aromatic rings. The summed E-state index contributed by atoms with van der Waals surface area (Å²) in [6.07, 6.45) is -2.32. The van der Waals surface area contributed by atoms with Gasteiger partial charge in [0.05, 0.1) is 18.4 Å². The molecule has 2 heterocycles. The second kappa shape index (κ2) is 12.9. The van der Waals surface area contributed by atoms with Gasteiger partial charge in [-0.15, -0.1) is 11.8 Å². The summed E-state index contributed by atoms with van der Waals surface area (Å²) < 4.78 is 47.0. The molecule has 1 N–H and O–H groups in total. The van der Waals surface area contributed by atoms with E-state index in [1.165, 1.54) is 12.0 Å². The van der Waals surface area contributed by atoms with Crippen LogP contribution >= 0.6 is 24.0 Å². The number of pyridine rings is 1. The third-order valence-corrected chi connectivity index (χ3v) is 8.25. The first-order valence-corrected chi connectivity index (χ1v) is 14.9. The zero-order valence-electron chi connectivity index (χ0n) is 23.6. The molecule has 1 saturated heterocycles. The molecule has 1 aliphatic rings. The Morgan fingerprint density at radius 2 is 1.80 bits per heavy atom. The average Bonchev–Trinajstić information content (AvgIpc) is 3.30. The van der Waals surface area contributed by atoms with Gasteiger partial charge in [0.1, 0.15) is 28.2 Å². The number of amides is 1. The number of rotatable bonds is 8. The Hall–Kier alpha value is -4.66. The van der Waals surface area contributed by atoms with Gasteiger partial charge < -0.3 is 10.1 Å². The van der Waals surface area contributed by atoms with E-state index in [2.05, 4.69) is 10.3 Å². The summed E-state index contributed by atoms with van der Waals surface area (Å²) in [4.78, 5) is 18.7. The van der Waals surface area contributed by atoms with Gasteiger partial charge >= 0.3 is 6.18 Å². The maximum Gasteiger partial charge on any atom is 0.433 e. The Bertz CT molecular complexity index is 1820. The predicted octanol–water partition coefficient (Wildman–Crippen LogP) is 7.76. The number of nitrogens with one attached hydrogen (secondary N) is 1. The summed E-state index contributed by atoms with van der Waals surface area (Å²) in [5.41, 5.74) is 2.85. The van der Waals surface area contributed by atoms with Gasteiger partial charge in [0.15, 0.2) is 5.11 Å². The molecule has 1 amide bonds. The number of nitrogens with zero attached hydrogens (tertiary/aromatic N) is 3. The lowest BCUT2D eigenvalue weighted by Gasteiger charge is -2.17. The fourth-order valence-electron chi connectivity index (χ4n) is 4.82. The first-order valence-electron chi connectivity index (χ1n) is 13.5. The van der Waals surface area contributed by atoms with Crippen LogP contribution in [0.2, 0.25) is 0 Å². The molecule has 1 aromatic heterocycles. The lowest BCUT2D eigenvalue weighted by Crippen LogP contribution is -2.31. The fraction of sp³-hybridized carbons (Fsp3) is 0.152. The maximum absolute atomic E-state index is 13.8. The number of nitriles is 1. The molecule has 0 atom stereocenters. The summed E-state index contributed by atoms with van der Waals surface area (Å²) in [5, 5.41) is 13.2. The molecule has 0 aliphatic carbocycles. The molecule has 3 aromatic carbocycles. The van der Waals surface area contributed by atoms with Crippen molar-refractivity contribution in [2.45, 2.75) is 30.3 Å². The summed E-state index contributed by atoms with van der Waals surface area (Å²) in [7, 11) is 1.49. The van der Waals surface area contributed by atoms with Crippen molar-refractivity contribution in [2.75, 3.05) is 12.0 Å². The van der Waals surface area contributed by atoms with Crippen LogP contribution in [0.25, 0.3) is 17.2 Å². The van der Waals surface area contributed by atoms with Gasteiger partial charge in [-0.25, -0.2) is 4.98 Å². The van der Waals surface area contributed by atoms with Crippen molar-refractivity contribution < 1.29 is 22.7 Å². The van der Waals surface area contributed by atoms with E-state index in [9.17, 15) is 23.2 Å². The molecule has 0 radical (unpaired) electrons. The topological polar surface area (TPSA) is 78.2 Å². The van der Waals surface area contributed by atoms with Gasteiger partial charge in [0.25, 0.3) is 5.91 Å². The second-order valence-corrected chi connectivity index (χ2v) is 11.0. The molecule has 11 heteroatoms. The SMILES string of the molecule is CCc1ccccc1N1C(=O)/C(=C\c2ccc(OC)c(CSc3nc(C(F)(F)F)cc(-c4ccccc4)c3C#N)c2)NC1=S. The lowest BCUT2D eigenvalue weighted by molar-refractivity contribution is -0.141. The molecule has 5 rings (SSSR count). The monoisotopic (exact) mass is 630 g/mol. The minimum absolute atomic E-state index is 0.0461. The highest BCUT2D eigenvalue weighted by molar-refractivity contribution is 7.98. The first kappa shape index (κ1) is 30.8. The molecular weight excluding hydrogens is 606 g/mol. The standard InChI is InChI=1S/C33H25F3N4O2S2/c1-3-21-9-7-8-12-27(21)40-31(41)26(38-32(40)43)16-20-13-14-28(42-2)23(15-20)19-44-30-25(18-37)24(22-10-5-4-6-11-22)17-29(39-30)33(34,35)36/h4-17H,3,19H2,1-2H3,(H,38,43)/b26-16+. The highest BCUT2D eigenvalue weighted by Gasteiger charge is 2.35. The number of anilines is 1. The van der Waals surface area contributed by atoms with E-state index in [1.54, 1.807) is 54.6 Å². The van der Waals surface area contributed by atoms with Gasteiger partial charge in [0.2, 0.25) is 0 Å². The Kier molecular flexibility index (Phi) is 9.04. The number of hydrogen-bond donors (Lipinski definition) is 1. The van der Waals surface area contributed by atoms with Gasteiger partial charge in [-0.05, 0) is 65.7 Å². The Morgan fingerprint density at radius 3 is 2.48 bits per heavy atom. The van der Waals surface area contributed by atoms with Crippen LogP contribution in [0.5, 0.6) is 5.75 Å². The van der Waals surface area contributed by atoms with Gasteiger partial charge in [-0.2, -0.15) is 18.4 Å². The predicted molar refractivity (Wildman–Crippen MR) is 169 cm³/mol. The average molecular weight is 631 g/mol. The zero-order valence-corrected chi connectivity index (χ0v) is 25.2. The molecule has 1 aliphatic heterocycles. The van der Waals surface area contributed by atoms with Crippen molar-refractivity contribution in [3.8, 4) is 22.9 Å². The van der Waals surface area contributed by atoms with Crippen molar-refractivity contribution in [3.63, 3.8) is 0 Å². The molecule has 0 unspecified atom stereocenters. The van der Waals surface area contributed by atoms with E-state index >= 15 is 0 Å². The number of hydrogen-bond acceptors (Lipinski definition) is 6. The number of alkyl halides is 3. The molecule has 1 fully saturated rings. The summed E-state index contributed by atoms with van der Waals surface area (Å²) in [6.45, 7) is 2.00. The zero-order chi connectivity index (χ0) is 31.4. The van der Waals surface area contributed by atoms with Crippen LogP contribution in [0.4, 0.5) is 18.9 Å². The number of ether oxygens (including phenoxy) is 1. The summed E-state index contributed by atoms with van der Waals surface area (Å²) >= 11 is 6.49. The van der Waals surface area contributed by atoms with Crippen LogP contribution in [-0.4, -0.2) is 23.1 Å². The number of carbonyl (C=O) groups is 1. The number of aromatic nitrogens is 1. The van der Waals surface area contributed by atoms with E-state index in [0.29, 0.717) is 28.1 Å². The highest BCUT2D eigenvalue weighted by atomic mass is 32.2. The highest BCUT2D eigenvalue weighted by Crippen LogP contribution is 2.38. The normalized spacial score (nSPS) is 14.1. The van der Waals surface area contributed by atoms with Crippen LogP contribution < -0.4 is 15.0 Å². The van der Waals surface area contributed by atoms with E-state index in [-0.39, 0.29) is 38.6 Å². The van der Waals surface area contributed by atoms with E-state index in [4.69, 9.17) is 17.0 Å². The molecular formula is C33H25F3N4O2S2. The van der Waals surface area contributed by atoms with Crippen molar-refractivity contribution in [1.82, 2.24) is 10.3 Å². The van der Waals surface area contributed by atoms with Crippen molar-refractivity contribution in [3.05, 3.63) is 113 Å². The molecule has 0 bridgehead atoms. The molecule has 0 saturated carbocycles. The van der Waals surface area contributed by atoms with E-state index < -0.39 is 11.9 Å². The summed E-state index contributed by atoms with van der Waals surface area (Å²) in [6, 6.07) is 24.2. The van der Waals surface area contributed by atoms with Crippen molar-refractivity contribution in [2.24, 2.45) is 0 Å². The Labute approximate surface area is 262 Å². The molecule has 0 spiro atoms. The smallest absolute Gasteiger partial charge is 0.433 e. The van der Waals surface area contributed by atoms with E-state index in [1.807, 2.05) is 37.3 Å². The van der Waals surface area contributed by atoms with Crippen LogP contribution in [0.15, 0.2) is 89.6 Å². The minimum atomic E-state index is -4.70. The number of methoxy groups -OCH3 is 1. The minimum Gasteiger partial charge on any atom is -0.496 e. The van der Waals surface area contributed by atoms with Crippen LogP contribution in [0.3, 0.4) is 0 Å². The molecule has 222 valence electrons. The Morgan fingerprint density at radius 1 is 1.07 bits per heavy atom. The quantitative estimate of drug-likeness (QED) is 0.121. The largest absolute Gasteiger partial charge is 0.496 e. The Balaban J connectivity index is 1.47. The second-order valence-electron chi connectivity index (χ2n) is 9.68. The fourth-order valence-corrected chi connectivity index (χ4v) is 6.09. The molecule has 44 heavy (non-hydrogen) atoms. The number of thiocarbonyl (C=S) groups is 1.